The fraction of sp³-hybridized carbons (Fsp3) is 0.474. The van der Waals surface area contributed by atoms with Crippen molar-refractivity contribution in [1.29, 1.82) is 0 Å². The summed E-state index contributed by atoms with van der Waals surface area (Å²) in [6.45, 7) is 5.04. The molecule has 0 spiro atoms. The van der Waals surface area contributed by atoms with Gasteiger partial charge >= 0.3 is 0 Å². The Morgan fingerprint density at radius 3 is 2.30 bits per heavy atom. The minimum Gasteiger partial charge on any atom is -0.361 e. The number of nitrogens with zero attached hydrogens (tertiary/aromatic N) is 2. The number of hydrogen-bond donors (Lipinski definition) is 1. The topological polar surface area (TPSA) is 92.5 Å². The van der Waals surface area contributed by atoms with E-state index in [1.54, 1.807) is 23.4 Å². The number of hydrogen-bond acceptors (Lipinski definition) is 5. The van der Waals surface area contributed by atoms with E-state index in [4.69, 9.17) is 4.52 Å². The molecule has 7 nitrogen and oxygen atoms in total. The Morgan fingerprint density at radius 2 is 1.74 bits per heavy atom. The lowest BCUT2D eigenvalue weighted by Crippen LogP contribution is -2.32. The first kappa shape index (κ1) is 19.6. The summed E-state index contributed by atoms with van der Waals surface area (Å²) in [6, 6.07) is 6.11. The van der Waals surface area contributed by atoms with Crippen LogP contribution in [0.2, 0.25) is 0 Å². The largest absolute Gasteiger partial charge is 0.361 e. The molecule has 2 aromatic rings. The summed E-state index contributed by atoms with van der Waals surface area (Å²) >= 11 is 0. The van der Waals surface area contributed by atoms with Gasteiger partial charge in [-0.2, -0.15) is 4.31 Å². The van der Waals surface area contributed by atoms with Crippen molar-refractivity contribution < 1.29 is 17.7 Å². The molecular formula is C19H25N3O4S. The van der Waals surface area contributed by atoms with Crippen molar-refractivity contribution in [2.75, 3.05) is 13.1 Å². The first-order chi connectivity index (χ1) is 12.9. The van der Waals surface area contributed by atoms with E-state index >= 15 is 0 Å². The van der Waals surface area contributed by atoms with E-state index in [9.17, 15) is 13.2 Å². The molecule has 146 valence electrons. The minimum atomic E-state index is -3.51. The number of nitrogens with one attached hydrogen (secondary N) is 1. The van der Waals surface area contributed by atoms with Crippen molar-refractivity contribution in [2.45, 2.75) is 51.0 Å². The van der Waals surface area contributed by atoms with Gasteiger partial charge in [-0.15, -0.1) is 0 Å². The van der Waals surface area contributed by atoms with Crippen molar-refractivity contribution >= 4 is 15.9 Å². The molecule has 1 N–H and O–H groups in total. The van der Waals surface area contributed by atoms with Crippen LogP contribution in [0.4, 0.5) is 0 Å². The Balaban J connectivity index is 1.68. The standard InChI is InChI=1S/C19H25N3O4S/c1-14-18(15(2)26-21-14)13-20-19(23)16-7-9-17(10-8-16)27(24,25)22-11-5-3-4-6-12-22/h7-10H,3-6,11-13H2,1-2H3,(H,20,23). The smallest absolute Gasteiger partial charge is 0.251 e. The number of rotatable bonds is 5. The molecule has 0 bridgehead atoms. The molecule has 0 atom stereocenters. The summed E-state index contributed by atoms with van der Waals surface area (Å²) in [5.41, 5.74) is 2.01. The molecule has 2 heterocycles. The molecule has 3 rings (SSSR count). The van der Waals surface area contributed by atoms with Gasteiger partial charge in [0.05, 0.1) is 10.6 Å². The zero-order valence-corrected chi connectivity index (χ0v) is 16.5. The van der Waals surface area contributed by atoms with Gasteiger partial charge in [0, 0.05) is 30.8 Å². The molecule has 1 aliphatic heterocycles. The third kappa shape index (κ3) is 4.39. The van der Waals surface area contributed by atoms with E-state index in [2.05, 4.69) is 10.5 Å². The van der Waals surface area contributed by atoms with Gasteiger partial charge in [-0.25, -0.2) is 8.42 Å². The quantitative estimate of drug-likeness (QED) is 0.846. The van der Waals surface area contributed by atoms with Crippen LogP contribution in [-0.2, 0) is 16.6 Å². The van der Waals surface area contributed by atoms with Gasteiger partial charge in [-0.05, 0) is 51.0 Å². The zero-order chi connectivity index (χ0) is 19.4. The van der Waals surface area contributed by atoms with Crippen LogP contribution in [0.3, 0.4) is 0 Å². The second-order valence-electron chi connectivity index (χ2n) is 6.83. The van der Waals surface area contributed by atoms with Gasteiger partial charge in [-0.1, -0.05) is 18.0 Å². The molecule has 1 saturated heterocycles. The van der Waals surface area contributed by atoms with Crippen LogP contribution in [0.15, 0.2) is 33.7 Å². The summed E-state index contributed by atoms with van der Waals surface area (Å²) < 4.78 is 32.2. The normalized spacial score (nSPS) is 16.1. The van der Waals surface area contributed by atoms with Crippen molar-refractivity contribution in [2.24, 2.45) is 0 Å². The lowest BCUT2D eigenvalue weighted by molar-refractivity contribution is 0.0950. The molecule has 1 aromatic heterocycles. The highest BCUT2D eigenvalue weighted by Gasteiger charge is 2.25. The highest BCUT2D eigenvalue weighted by Crippen LogP contribution is 2.21. The lowest BCUT2D eigenvalue weighted by Gasteiger charge is -2.20. The van der Waals surface area contributed by atoms with E-state index in [0.717, 1.165) is 36.9 Å². The van der Waals surface area contributed by atoms with Crippen LogP contribution in [0.1, 0.15) is 53.1 Å². The second-order valence-corrected chi connectivity index (χ2v) is 8.77. The van der Waals surface area contributed by atoms with Gasteiger partial charge in [-0.3, -0.25) is 4.79 Å². The van der Waals surface area contributed by atoms with Gasteiger partial charge in [0.1, 0.15) is 5.76 Å². The average Bonchev–Trinajstić information content (AvgIpc) is 2.86. The number of aromatic nitrogens is 1. The lowest BCUT2D eigenvalue weighted by atomic mass is 10.2. The Labute approximate surface area is 159 Å². The number of aryl methyl sites for hydroxylation is 2. The maximum Gasteiger partial charge on any atom is 0.251 e. The van der Waals surface area contributed by atoms with Crippen LogP contribution >= 0.6 is 0 Å². The molecular weight excluding hydrogens is 366 g/mol. The van der Waals surface area contributed by atoms with E-state index in [0.29, 0.717) is 31.0 Å². The molecule has 0 aliphatic carbocycles. The van der Waals surface area contributed by atoms with Crippen molar-refractivity contribution in [3.63, 3.8) is 0 Å². The van der Waals surface area contributed by atoms with E-state index in [-0.39, 0.29) is 10.8 Å². The Bertz CT molecular complexity index is 876. The highest BCUT2D eigenvalue weighted by molar-refractivity contribution is 7.89. The Hall–Kier alpha value is -2.19. The van der Waals surface area contributed by atoms with Crippen LogP contribution < -0.4 is 5.32 Å². The first-order valence-electron chi connectivity index (χ1n) is 9.20. The summed E-state index contributed by atoms with van der Waals surface area (Å²) in [7, 11) is -3.51. The molecule has 0 unspecified atom stereocenters. The predicted octanol–water partition coefficient (Wildman–Crippen LogP) is 2.79. The van der Waals surface area contributed by atoms with Gasteiger partial charge < -0.3 is 9.84 Å². The molecule has 1 aromatic carbocycles. The molecule has 1 fully saturated rings. The molecule has 0 radical (unpaired) electrons. The monoisotopic (exact) mass is 391 g/mol. The third-order valence-corrected chi connectivity index (χ3v) is 6.84. The SMILES string of the molecule is Cc1noc(C)c1CNC(=O)c1ccc(S(=O)(=O)N2CCCCCC2)cc1. The third-order valence-electron chi connectivity index (χ3n) is 4.93. The van der Waals surface area contributed by atoms with Crippen LogP contribution in [0, 0.1) is 13.8 Å². The molecule has 1 aliphatic rings. The van der Waals surface area contributed by atoms with E-state index < -0.39 is 10.0 Å². The number of benzene rings is 1. The van der Waals surface area contributed by atoms with Crippen LogP contribution in [0.25, 0.3) is 0 Å². The van der Waals surface area contributed by atoms with Gasteiger partial charge in [0.25, 0.3) is 5.91 Å². The maximum absolute atomic E-state index is 12.8. The molecule has 0 saturated carbocycles. The number of amides is 1. The Morgan fingerprint density at radius 1 is 1.11 bits per heavy atom. The summed E-state index contributed by atoms with van der Waals surface area (Å²) in [5, 5.41) is 6.67. The van der Waals surface area contributed by atoms with E-state index in [1.807, 2.05) is 6.92 Å². The molecule has 27 heavy (non-hydrogen) atoms. The van der Waals surface area contributed by atoms with Crippen molar-refractivity contribution in [1.82, 2.24) is 14.8 Å². The van der Waals surface area contributed by atoms with Gasteiger partial charge in [0.15, 0.2) is 0 Å². The summed E-state index contributed by atoms with van der Waals surface area (Å²) in [5.74, 6) is 0.403. The first-order valence-corrected chi connectivity index (χ1v) is 10.6. The van der Waals surface area contributed by atoms with Gasteiger partial charge in [0.2, 0.25) is 10.0 Å². The average molecular weight is 391 g/mol. The fourth-order valence-electron chi connectivity index (χ4n) is 3.23. The Kier molecular flexibility index (Phi) is 5.96. The second kappa shape index (κ2) is 8.22. The summed E-state index contributed by atoms with van der Waals surface area (Å²) in [4.78, 5) is 12.6. The fourth-order valence-corrected chi connectivity index (χ4v) is 4.75. The molecule has 1 amide bonds. The minimum absolute atomic E-state index is 0.228. The van der Waals surface area contributed by atoms with Crippen LogP contribution in [-0.4, -0.2) is 36.9 Å². The number of carbonyl (C=O) groups is 1. The molecule has 8 heteroatoms. The van der Waals surface area contributed by atoms with E-state index in [1.165, 1.54) is 12.1 Å². The van der Waals surface area contributed by atoms with Crippen molar-refractivity contribution in [3.05, 3.63) is 46.8 Å². The zero-order valence-electron chi connectivity index (χ0n) is 15.7. The van der Waals surface area contributed by atoms with Crippen molar-refractivity contribution in [3.8, 4) is 0 Å². The highest BCUT2D eigenvalue weighted by atomic mass is 32.2. The van der Waals surface area contributed by atoms with Crippen LogP contribution in [0.5, 0.6) is 0 Å². The summed E-state index contributed by atoms with van der Waals surface area (Å²) in [6.07, 6.45) is 3.91. The number of sulfonamides is 1. The predicted molar refractivity (Wildman–Crippen MR) is 101 cm³/mol. The maximum atomic E-state index is 12.8. The number of carbonyl (C=O) groups excluding carboxylic acids is 1.